The summed E-state index contributed by atoms with van der Waals surface area (Å²) in [5, 5.41) is 2.96. The number of carbonyl (C=O) groups excluding carboxylic acids is 1. The molecule has 1 fully saturated rings. The summed E-state index contributed by atoms with van der Waals surface area (Å²) >= 11 is 0. The summed E-state index contributed by atoms with van der Waals surface area (Å²) in [6, 6.07) is 1.97. The maximum Gasteiger partial charge on any atom is 0.417 e. The van der Waals surface area contributed by atoms with Crippen LogP contribution in [0.25, 0.3) is 0 Å². The standard InChI is InChI=1S/C13H16F3N3O2/c1-17-7-10-8-19(4-5-21-10)12(20)11-3-2-9(6-18-11)13(14,15)16/h2-3,6,10,17H,4-5,7-8H2,1H3. The molecule has 116 valence electrons. The highest BCUT2D eigenvalue weighted by Crippen LogP contribution is 2.28. The summed E-state index contributed by atoms with van der Waals surface area (Å²) in [5.74, 6) is -0.381. The molecule has 0 aliphatic carbocycles. The summed E-state index contributed by atoms with van der Waals surface area (Å²) < 4.78 is 42.8. The third-order valence-corrected chi connectivity index (χ3v) is 3.17. The first-order chi connectivity index (χ1) is 9.91. The van der Waals surface area contributed by atoms with Gasteiger partial charge in [0.25, 0.3) is 5.91 Å². The number of hydrogen-bond acceptors (Lipinski definition) is 4. The van der Waals surface area contributed by atoms with Crippen molar-refractivity contribution in [3.63, 3.8) is 0 Å². The Morgan fingerprint density at radius 2 is 2.29 bits per heavy atom. The van der Waals surface area contributed by atoms with Gasteiger partial charge in [0.05, 0.1) is 18.3 Å². The molecule has 1 aliphatic heterocycles. The Balaban J connectivity index is 2.05. The molecule has 0 aromatic carbocycles. The van der Waals surface area contributed by atoms with Crippen LogP contribution in [-0.2, 0) is 10.9 Å². The molecule has 1 aliphatic rings. The molecule has 1 amide bonds. The van der Waals surface area contributed by atoms with Crippen LogP contribution in [0.1, 0.15) is 16.1 Å². The van der Waals surface area contributed by atoms with Crippen molar-refractivity contribution in [2.45, 2.75) is 12.3 Å². The van der Waals surface area contributed by atoms with Crippen molar-refractivity contribution in [1.29, 1.82) is 0 Å². The smallest absolute Gasteiger partial charge is 0.373 e. The third kappa shape index (κ3) is 3.92. The summed E-state index contributed by atoms with van der Waals surface area (Å²) in [4.78, 5) is 17.4. The van der Waals surface area contributed by atoms with Crippen molar-refractivity contribution in [3.8, 4) is 0 Å². The van der Waals surface area contributed by atoms with Crippen LogP contribution in [0, 0.1) is 0 Å². The van der Waals surface area contributed by atoms with E-state index in [9.17, 15) is 18.0 Å². The Morgan fingerprint density at radius 1 is 1.52 bits per heavy atom. The summed E-state index contributed by atoms with van der Waals surface area (Å²) in [7, 11) is 1.78. The predicted molar refractivity (Wildman–Crippen MR) is 68.8 cm³/mol. The molecule has 21 heavy (non-hydrogen) atoms. The molecule has 1 aromatic rings. The monoisotopic (exact) mass is 303 g/mol. The first kappa shape index (κ1) is 15.7. The first-order valence-electron chi connectivity index (χ1n) is 6.50. The predicted octanol–water partition coefficient (Wildman–Crippen LogP) is 1.16. The van der Waals surface area contributed by atoms with Crippen molar-refractivity contribution in [3.05, 3.63) is 29.6 Å². The van der Waals surface area contributed by atoms with Gasteiger partial charge in [-0.25, -0.2) is 0 Å². The zero-order valence-corrected chi connectivity index (χ0v) is 11.5. The summed E-state index contributed by atoms with van der Waals surface area (Å²) in [6.45, 7) is 1.80. The van der Waals surface area contributed by atoms with Crippen molar-refractivity contribution in [2.75, 3.05) is 33.3 Å². The van der Waals surface area contributed by atoms with E-state index < -0.39 is 11.7 Å². The average Bonchev–Trinajstić information content (AvgIpc) is 2.46. The minimum atomic E-state index is -4.45. The molecular formula is C13H16F3N3O2. The number of carbonyl (C=O) groups is 1. The fourth-order valence-corrected chi connectivity index (χ4v) is 2.11. The van der Waals surface area contributed by atoms with Crippen LogP contribution in [0.5, 0.6) is 0 Å². The minimum Gasteiger partial charge on any atom is -0.373 e. The van der Waals surface area contributed by atoms with Gasteiger partial charge in [0.1, 0.15) is 5.69 Å². The van der Waals surface area contributed by atoms with Gasteiger partial charge >= 0.3 is 6.18 Å². The number of nitrogens with zero attached hydrogens (tertiary/aromatic N) is 2. The van der Waals surface area contributed by atoms with E-state index in [0.717, 1.165) is 12.1 Å². The average molecular weight is 303 g/mol. The number of aromatic nitrogens is 1. The van der Waals surface area contributed by atoms with E-state index in [2.05, 4.69) is 10.3 Å². The molecule has 0 radical (unpaired) electrons. The maximum atomic E-state index is 12.5. The molecule has 0 bridgehead atoms. The molecule has 2 rings (SSSR count). The molecular weight excluding hydrogens is 287 g/mol. The van der Waals surface area contributed by atoms with Gasteiger partial charge in [0.15, 0.2) is 0 Å². The Bertz CT molecular complexity index is 488. The minimum absolute atomic E-state index is 0.00751. The third-order valence-electron chi connectivity index (χ3n) is 3.17. The zero-order chi connectivity index (χ0) is 15.5. The second kappa shape index (κ2) is 6.40. The lowest BCUT2D eigenvalue weighted by Gasteiger charge is -2.32. The van der Waals surface area contributed by atoms with Crippen LogP contribution in [-0.4, -0.2) is 55.2 Å². The van der Waals surface area contributed by atoms with Crippen LogP contribution >= 0.6 is 0 Å². The number of rotatable bonds is 3. The summed E-state index contributed by atoms with van der Waals surface area (Å²) in [6.07, 6.45) is -3.90. The molecule has 8 heteroatoms. The van der Waals surface area contributed by atoms with Gasteiger partial charge < -0.3 is 15.0 Å². The fourth-order valence-electron chi connectivity index (χ4n) is 2.11. The number of likely N-dealkylation sites (N-methyl/N-ethyl adjacent to an activating group) is 1. The van der Waals surface area contributed by atoms with E-state index in [-0.39, 0.29) is 17.7 Å². The van der Waals surface area contributed by atoms with Gasteiger partial charge in [-0.15, -0.1) is 0 Å². The largest absolute Gasteiger partial charge is 0.417 e. The van der Waals surface area contributed by atoms with Crippen LogP contribution in [0.4, 0.5) is 13.2 Å². The van der Waals surface area contributed by atoms with Crippen LogP contribution in [0.2, 0.25) is 0 Å². The molecule has 5 nitrogen and oxygen atoms in total. The number of morpholine rings is 1. The van der Waals surface area contributed by atoms with E-state index in [1.807, 2.05) is 0 Å². The van der Waals surface area contributed by atoms with E-state index in [1.54, 1.807) is 11.9 Å². The van der Waals surface area contributed by atoms with Crippen LogP contribution < -0.4 is 5.32 Å². The quantitative estimate of drug-likeness (QED) is 0.910. The van der Waals surface area contributed by atoms with Crippen LogP contribution in [0.15, 0.2) is 18.3 Å². The normalized spacial score (nSPS) is 19.6. The Kier molecular flexibility index (Phi) is 4.79. The van der Waals surface area contributed by atoms with Crippen LogP contribution in [0.3, 0.4) is 0 Å². The molecule has 1 atom stereocenters. The van der Waals surface area contributed by atoms with E-state index in [1.165, 1.54) is 0 Å². The zero-order valence-electron chi connectivity index (χ0n) is 11.5. The first-order valence-corrected chi connectivity index (χ1v) is 6.50. The van der Waals surface area contributed by atoms with Crippen molar-refractivity contribution in [1.82, 2.24) is 15.2 Å². The number of ether oxygens (including phenoxy) is 1. The lowest BCUT2D eigenvalue weighted by atomic mass is 10.2. The van der Waals surface area contributed by atoms with Gasteiger partial charge in [-0.1, -0.05) is 0 Å². The SMILES string of the molecule is CNCC1CN(C(=O)c2ccc(C(F)(F)F)cn2)CCO1. The number of alkyl halides is 3. The lowest BCUT2D eigenvalue weighted by Crippen LogP contribution is -2.48. The van der Waals surface area contributed by atoms with Crippen molar-refractivity contribution >= 4 is 5.91 Å². The second-order valence-corrected chi connectivity index (χ2v) is 4.73. The Labute approximate surface area is 120 Å². The van der Waals surface area contributed by atoms with Gasteiger partial charge in [0, 0.05) is 25.8 Å². The highest BCUT2D eigenvalue weighted by molar-refractivity contribution is 5.92. The number of hydrogen-bond donors (Lipinski definition) is 1. The molecule has 1 aromatic heterocycles. The Morgan fingerprint density at radius 3 is 2.86 bits per heavy atom. The molecule has 1 saturated heterocycles. The highest BCUT2D eigenvalue weighted by atomic mass is 19.4. The number of pyridine rings is 1. The topological polar surface area (TPSA) is 54.5 Å². The van der Waals surface area contributed by atoms with Gasteiger partial charge in [-0.3, -0.25) is 9.78 Å². The second-order valence-electron chi connectivity index (χ2n) is 4.73. The van der Waals surface area contributed by atoms with Crippen molar-refractivity contribution in [2.24, 2.45) is 0 Å². The van der Waals surface area contributed by atoms with Crippen molar-refractivity contribution < 1.29 is 22.7 Å². The maximum absolute atomic E-state index is 12.5. The van der Waals surface area contributed by atoms with E-state index in [4.69, 9.17) is 4.74 Å². The molecule has 1 unspecified atom stereocenters. The number of nitrogens with one attached hydrogen (secondary N) is 1. The molecule has 2 heterocycles. The van der Waals surface area contributed by atoms with Gasteiger partial charge in [-0.2, -0.15) is 13.2 Å². The molecule has 0 saturated carbocycles. The number of halogens is 3. The van der Waals surface area contributed by atoms with Gasteiger partial charge in [-0.05, 0) is 19.2 Å². The molecule has 0 spiro atoms. The lowest BCUT2D eigenvalue weighted by molar-refractivity contribution is -0.137. The van der Waals surface area contributed by atoms with E-state index in [0.29, 0.717) is 32.4 Å². The number of amides is 1. The van der Waals surface area contributed by atoms with E-state index >= 15 is 0 Å². The summed E-state index contributed by atoms with van der Waals surface area (Å²) in [5.41, 5.74) is -0.859. The van der Waals surface area contributed by atoms with Gasteiger partial charge in [0.2, 0.25) is 0 Å². The Hall–Kier alpha value is -1.67. The fraction of sp³-hybridized carbons (Fsp3) is 0.538. The molecule has 1 N–H and O–H groups in total. The highest BCUT2D eigenvalue weighted by Gasteiger charge is 2.31.